The van der Waals surface area contributed by atoms with E-state index < -0.39 is 54.4 Å². The van der Waals surface area contributed by atoms with Gasteiger partial charge in [-0.25, -0.2) is 4.39 Å². The number of ether oxygens (including phenoxy) is 1. The Morgan fingerprint density at radius 2 is 1.83 bits per heavy atom. The standard InChI is InChI=1S/C24H26ClF4N3O4/c25-17-10-14(4-5-18(17)26)23(35)30-12-19-21(22(34)20(13-33)36-19)32-8-6-31(7-9-32)16-3-1-2-15(11-16)24(27,28)29/h1-5,10-11,19-22,33-34H,6-9,12-13H2,(H,30,35)/t19-,20+,21+,22-/m1/s1. The average Bonchev–Trinajstić information content (AvgIpc) is 3.19. The van der Waals surface area contributed by atoms with Gasteiger partial charge in [-0.3, -0.25) is 9.69 Å². The van der Waals surface area contributed by atoms with Gasteiger partial charge in [-0.05, 0) is 36.4 Å². The molecule has 2 aliphatic rings. The van der Waals surface area contributed by atoms with Crippen LogP contribution in [-0.2, 0) is 10.9 Å². The van der Waals surface area contributed by atoms with Crippen LogP contribution in [-0.4, -0.2) is 84.7 Å². The maximum atomic E-state index is 13.4. The van der Waals surface area contributed by atoms with Crippen LogP contribution < -0.4 is 10.2 Å². The molecule has 2 saturated heterocycles. The number of aliphatic hydroxyl groups excluding tert-OH is 2. The van der Waals surface area contributed by atoms with Crippen LogP contribution in [0, 0.1) is 5.82 Å². The Hall–Kier alpha value is -2.44. The molecule has 0 aromatic heterocycles. The summed E-state index contributed by atoms with van der Waals surface area (Å²) in [5.41, 5.74) is -0.0984. The molecule has 2 fully saturated rings. The van der Waals surface area contributed by atoms with E-state index >= 15 is 0 Å². The second-order valence-corrected chi connectivity index (χ2v) is 9.19. The molecule has 7 nitrogen and oxygen atoms in total. The smallest absolute Gasteiger partial charge is 0.394 e. The van der Waals surface area contributed by atoms with E-state index in [1.807, 2.05) is 9.80 Å². The van der Waals surface area contributed by atoms with Crippen molar-refractivity contribution >= 4 is 23.2 Å². The number of nitrogens with one attached hydrogen (secondary N) is 1. The van der Waals surface area contributed by atoms with E-state index in [1.165, 1.54) is 18.2 Å². The van der Waals surface area contributed by atoms with Gasteiger partial charge < -0.3 is 25.2 Å². The highest BCUT2D eigenvalue weighted by molar-refractivity contribution is 6.31. The first-order chi connectivity index (χ1) is 17.1. The first-order valence-corrected chi connectivity index (χ1v) is 11.8. The lowest BCUT2D eigenvalue weighted by molar-refractivity contribution is -0.137. The summed E-state index contributed by atoms with van der Waals surface area (Å²) in [6, 6.07) is 8.17. The average molecular weight is 532 g/mol. The highest BCUT2D eigenvalue weighted by atomic mass is 35.5. The maximum Gasteiger partial charge on any atom is 0.416 e. The second kappa shape index (κ2) is 10.9. The first kappa shape index (κ1) is 26.6. The molecule has 2 heterocycles. The molecule has 4 rings (SSSR count). The summed E-state index contributed by atoms with van der Waals surface area (Å²) in [6.07, 6.45) is -6.97. The predicted molar refractivity (Wildman–Crippen MR) is 125 cm³/mol. The number of hydrogen-bond donors (Lipinski definition) is 3. The third-order valence-corrected chi connectivity index (χ3v) is 6.85. The SMILES string of the molecule is O=C(NC[C@H]1O[C@@H](CO)[C@@H](O)[C@H]1N1CCN(c2cccc(C(F)(F)F)c2)CC1)c1ccc(F)c(Cl)c1. The van der Waals surface area contributed by atoms with Gasteiger partial charge in [0.25, 0.3) is 5.91 Å². The zero-order valence-electron chi connectivity index (χ0n) is 19.1. The van der Waals surface area contributed by atoms with Gasteiger partial charge in [0.1, 0.15) is 18.0 Å². The van der Waals surface area contributed by atoms with Crippen LogP contribution in [0.3, 0.4) is 0 Å². The summed E-state index contributed by atoms with van der Waals surface area (Å²) in [4.78, 5) is 16.3. The fraction of sp³-hybridized carbons (Fsp3) is 0.458. The van der Waals surface area contributed by atoms with Crippen molar-refractivity contribution in [3.05, 3.63) is 64.4 Å². The molecule has 0 aliphatic carbocycles. The van der Waals surface area contributed by atoms with E-state index in [0.717, 1.165) is 18.2 Å². The third-order valence-electron chi connectivity index (χ3n) is 6.56. The van der Waals surface area contributed by atoms with Crippen LogP contribution in [0.25, 0.3) is 0 Å². The lowest BCUT2D eigenvalue weighted by Gasteiger charge is -2.41. The molecule has 1 amide bonds. The number of hydrogen-bond acceptors (Lipinski definition) is 6. The Bertz CT molecular complexity index is 1080. The Morgan fingerprint density at radius 3 is 2.47 bits per heavy atom. The van der Waals surface area contributed by atoms with Gasteiger partial charge in [-0.2, -0.15) is 13.2 Å². The quantitative estimate of drug-likeness (QED) is 0.497. The largest absolute Gasteiger partial charge is 0.416 e. The summed E-state index contributed by atoms with van der Waals surface area (Å²) in [6.45, 7) is 1.29. The number of amides is 1. The highest BCUT2D eigenvalue weighted by Crippen LogP contribution is 2.33. The van der Waals surface area contributed by atoms with Gasteiger partial charge >= 0.3 is 6.18 Å². The van der Waals surface area contributed by atoms with E-state index in [2.05, 4.69) is 5.32 Å². The minimum atomic E-state index is -4.43. The van der Waals surface area contributed by atoms with Gasteiger partial charge in [0, 0.05) is 44.0 Å². The molecule has 0 radical (unpaired) electrons. The van der Waals surface area contributed by atoms with Gasteiger partial charge in [0.15, 0.2) is 0 Å². The van der Waals surface area contributed by atoms with Gasteiger partial charge in [0.05, 0.1) is 29.3 Å². The summed E-state index contributed by atoms with van der Waals surface area (Å²) < 4.78 is 58.5. The van der Waals surface area contributed by atoms with E-state index in [0.29, 0.717) is 31.9 Å². The fourth-order valence-corrected chi connectivity index (χ4v) is 4.87. The minimum Gasteiger partial charge on any atom is -0.394 e. The molecule has 196 valence electrons. The van der Waals surface area contributed by atoms with Crippen molar-refractivity contribution in [2.24, 2.45) is 0 Å². The third kappa shape index (κ3) is 5.76. The number of nitrogens with zero attached hydrogens (tertiary/aromatic N) is 2. The number of carbonyl (C=O) groups is 1. The number of alkyl halides is 3. The Balaban J connectivity index is 1.40. The number of aliphatic hydroxyl groups is 2. The lowest BCUT2D eigenvalue weighted by Crippen LogP contribution is -2.57. The van der Waals surface area contributed by atoms with Crippen LogP contribution in [0.15, 0.2) is 42.5 Å². The molecule has 36 heavy (non-hydrogen) atoms. The normalized spacial score (nSPS) is 25.2. The summed E-state index contributed by atoms with van der Waals surface area (Å²) >= 11 is 5.75. The molecule has 12 heteroatoms. The van der Waals surface area contributed by atoms with Crippen molar-refractivity contribution in [2.45, 2.75) is 30.5 Å². The molecule has 4 atom stereocenters. The Labute approximate surface area is 210 Å². The number of piperazine rings is 1. The van der Waals surface area contributed by atoms with E-state index in [1.54, 1.807) is 6.07 Å². The van der Waals surface area contributed by atoms with Crippen LogP contribution in [0.2, 0.25) is 5.02 Å². The van der Waals surface area contributed by atoms with Crippen molar-refractivity contribution in [1.82, 2.24) is 10.2 Å². The molecule has 2 aromatic carbocycles. The maximum absolute atomic E-state index is 13.4. The summed E-state index contributed by atoms with van der Waals surface area (Å²) in [5, 5.41) is 22.9. The first-order valence-electron chi connectivity index (χ1n) is 11.4. The molecule has 0 bridgehead atoms. The van der Waals surface area contributed by atoms with Crippen molar-refractivity contribution < 1.29 is 37.3 Å². The predicted octanol–water partition coefficient (Wildman–Crippen LogP) is 2.54. The molecule has 2 aliphatic heterocycles. The number of carbonyl (C=O) groups excluding carboxylic acids is 1. The number of anilines is 1. The fourth-order valence-electron chi connectivity index (χ4n) is 4.69. The second-order valence-electron chi connectivity index (χ2n) is 8.79. The molecule has 0 saturated carbocycles. The van der Waals surface area contributed by atoms with Crippen molar-refractivity contribution in [1.29, 1.82) is 0 Å². The van der Waals surface area contributed by atoms with Crippen molar-refractivity contribution in [3.8, 4) is 0 Å². The van der Waals surface area contributed by atoms with E-state index in [4.69, 9.17) is 16.3 Å². The van der Waals surface area contributed by atoms with Gasteiger partial charge in [-0.1, -0.05) is 17.7 Å². The number of benzene rings is 2. The molecule has 0 spiro atoms. The summed E-state index contributed by atoms with van der Waals surface area (Å²) in [7, 11) is 0. The number of rotatable bonds is 6. The molecule has 0 unspecified atom stereocenters. The molecule has 2 aromatic rings. The van der Waals surface area contributed by atoms with E-state index in [9.17, 15) is 32.6 Å². The van der Waals surface area contributed by atoms with Gasteiger partial charge in [-0.15, -0.1) is 0 Å². The van der Waals surface area contributed by atoms with Crippen LogP contribution >= 0.6 is 11.6 Å². The Morgan fingerprint density at radius 1 is 1.11 bits per heavy atom. The molecular weight excluding hydrogens is 506 g/mol. The van der Waals surface area contributed by atoms with Crippen LogP contribution in [0.5, 0.6) is 0 Å². The lowest BCUT2D eigenvalue weighted by atomic mass is 10.0. The molecular formula is C24H26ClF4N3O4. The Kier molecular flexibility index (Phi) is 8.06. The van der Waals surface area contributed by atoms with Crippen LogP contribution in [0.4, 0.5) is 23.2 Å². The van der Waals surface area contributed by atoms with E-state index in [-0.39, 0.29) is 17.1 Å². The summed E-state index contributed by atoms with van der Waals surface area (Å²) in [5.74, 6) is -1.15. The number of halogens is 5. The molecule has 3 N–H and O–H groups in total. The minimum absolute atomic E-state index is 0.0138. The topological polar surface area (TPSA) is 85.3 Å². The zero-order valence-corrected chi connectivity index (χ0v) is 19.8. The van der Waals surface area contributed by atoms with Crippen LogP contribution in [0.1, 0.15) is 15.9 Å². The van der Waals surface area contributed by atoms with Crippen molar-refractivity contribution in [3.63, 3.8) is 0 Å². The zero-order chi connectivity index (χ0) is 26.0. The monoisotopic (exact) mass is 531 g/mol. The highest BCUT2D eigenvalue weighted by Gasteiger charge is 2.46. The van der Waals surface area contributed by atoms with Gasteiger partial charge in [0.2, 0.25) is 0 Å². The van der Waals surface area contributed by atoms with Crippen molar-refractivity contribution in [2.75, 3.05) is 44.2 Å².